The third-order valence-corrected chi connectivity index (χ3v) is 5.57. The highest BCUT2D eigenvalue weighted by Crippen LogP contribution is 2.36. The second-order valence-corrected chi connectivity index (χ2v) is 7.20. The Morgan fingerprint density at radius 3 is 2.70 bits per heavy atom. The van der Waals surface area contributed by atoms with E-state index in [1.165, 1.54) is 25.7 Å². The number of nitrogens with zero attached hydrogens (tertiary/aromatic N) is 1. The first-order chi connectivity index (χ1) is 13.2. The number of amides is 1. The minimum absolute atomic E-state index is 0.0162. The van der Waals surface area contributed by atoms with Crippen LogP contribution in [0.5, 0.6) is 5.75 Å². The summed E-state index contributed by atoms with van der Waals surface area (Å²) >= 11 is 0. The van der Waals surface area contributed by atoms with Crippen molar-refractivity contribution < 1.29 is 13.9 Å². The van der Waals surface area contributed by atoms with E-state index in [4.69, 9.17) is 9.15 Å². The summed E-state index contributed by atoms with van der Waals surface area (Å²) in [6, 6.07) is 12.2. The molecule has 5 nitrogen and oxygen atoms in total. The van der Waals surface area contributed by atoms with Gasteiger partial charge in [-0.15, -0.1) is 0 Å². The first-order valence-corrected chi connectivity index (χ1v) is 9.72. The quantitative estimate of drug-likeness (QED) is 0.681. The molecule has 142 valence electrons. The number of hydrogen-bond acceptors (Lipinski definition) is 4. The Hall–Kier alpha value is -2.53. The summed E-state index contributed by atoms with van der Waals surface area (Å²) in [6.45, 7) is 3.41. The van der Waals surface area contributed by atoms with E-state index < -0.39 is 0 Å². The van der Waals surface area contributed by atoms with Crippen molar-refractivity contribution in [1.29, 1.82) is 0 Å². The van der Waals surface area contributed by atoms with Crippen LogP contribution in [0.15, 0.2) is 40.8 Å². The van der Waals surface area contributed by atoms with Gasteiger partial charge in [-0.1, -0.05) is 38.0 Å². The van der Waals surface area contributed by atoms with Gasteiger partial charge in [0.05, 0.1) is 19.3 Å². The second kappa shape index (κ2) is 7.61. The Bertz CT molecular complexity index is 957. The lowest BCUT2D eigenvalue weighted by Crippen LogP contribution is -2.39. The number of anilines is 1. The molecule has 2 aromatic carbocycles. The molecule has 0 aliphatic heterocycles. The van der Waals surface area contributed by atoms with Crippen LogP contribution in [0.4, 0.5) is 5.69 Å². The van der Waals surface area contributed by atoms with Crippen molar-refractivity contribution in [2.45, 2.75) is 38.6 Å². The number of rotatable bonds is 6. The lowest BCUT2D eigenvalue weighted by atomic mass is 10.1. The van der Waals surface area contributed by atoms with Gasteiger partial charge in [0.1, 0.15) is 16.9 Å². The maximum Gasteiger partial charge on any atom is 0.238 e. The van der Waals surface area contributed by atoms with E-state index in [0.717, 1.165) is 28.5 Å². The molecule has 0 bridgehead atoms. The summed E-state index contributed by atoms with van der Waals surface area (Å²) in [6.07, 6.45) is 4.91. The molecule has 0 saturated heterocycles. The van der Waals surface area contributed by atoms with Crippen LogP contribution in [0.2, 0.25) is 0 Å². The van der Waals surface area contributed by atoms with Gasteiger partial charge in [-0.2, -0.15) is 0 Å². The summed E-state index contributed by atoms with van der Waals surface area (Å²) in [4.78, 5) is 14.9. The van der Waals surface area contributed by atoms with Gasteiger partial charge in [0.25, 0.3) is 0 Å². The van der Waals surface area contributed by atoms with Crippen molar-refractivity contribution in [3.05, 3.63) is 36.4 Å². The molecule has 0 atom stereocenters. The van der Waals surface area contributed by atoms with Gasteiger partial charge in [-0.25, -0.2) is 0 Å². The topological polar surface area (TPSA) is 54.7 Å². The van der Waals surface area contributed by atoms with E-state index in [1.807, 2.05) is 36.4 Å². The van der Waals surface area contributed by atoms with Gasteiger partial charge in [0.15, 0.2) is 0 Å². The predicted molar refractivity (Wildman–Crippen MR) is 108 cm³/mol. The van der Waals surface area contributed by atoms with Crippen molar-refractivity contribution >= 4 is 33.5 Å². The molecular formula is C22H26N2O3. The lowest BCUT2D eigenvalue weighted by Gasteiger charge is -2.26. The zero-order chi connectivity index (χ0) is 18.8. The minimum Gasteiger partial charge on any atom is -0.495 e. The van der Waals surface area contributed by atoms with Crippen LogP contribution in [0.25, 0.3) is 21.9 Å². The minimum atomic E-state index is -0.0162. The SMILES string of the molecule is CCN(CC(=O)Nc1cc2oc3ccccc3c2cc1OC)C1CCCC1. The Kier molecular flexibility index (Phi) is 5.03. The van der Waals surface area contributed by atoms with Crippen molar-refractivity contribution in [1.82, 2.24) is 4.90 Å². The standard InChI is InChI=1S/C22H26N2O3/c1-3-24(15-8-4-5-9-15)14-22(25)23-18-13-20-17(12-21(18)26-2)16-10-6-7-11-19(16)27-20/h6-7,10-13,15H,3-5,8-9,14H2,1-2H3,(H,23,25). The monoisotopic (exact) mass is 366 g/mol. The molecule has 27 heavy (non-hydrogen) atoms. The van der Waals surface area contributed by atoms with Crippen LogP contribution in [0, 0.1) is 0 Å². The zero-order valence-corrected chi connectivity index (χ0v) is 16.0. The van der Waals surface area contributed by atoms with Gasteiger partial charge in [0.2, 0.25) is 5.91 Å². The van der Waals surface area contributed by atoms with E-state index in [2.05, 4.69) is 17.1 Å². The number of fused-ring (bicyclic) bond motifs is 3. The van der Waals surface area contributed by atoms with Gasteiger partial charge < -0.3 is 14.5 Å². The Morgan fingerprint density at radius 1 is 1.19 bits per heavy atom. The number of furan rings is 1. The maximum atomic E-state index is 12.7. The van der Waals surface area contributed by atoms with Crippen molar-refractivity contribution in [2.75, 3.05) is 25.5 Å². The molecular weight excluding hydrogens is 340 g/mol. The van der Waals surface area contributed by atoms with E-state index >= 15 is 0 Å². The smallest absolute Gasteiger partial charge is 0.238 e. The first kappa shape index (κ1) is 17.9. The number of benzene rings is 2. The van der Waals surface area contributed by atoms with Gasteiger partial charge in [0, 0.05) is 22.9 Å². The highest BCUT2D eigenvalue weighted by Gasteiger charge is 2.23. The van der Waals surface area contributed by atoms with E-state index in [9.17, 15) is 4.79 Å². The van der Waals surface area contributed by atoms with Gasteiger partial charge in [-0.3, -0.25) is 9.69 Å². The summed E-state index contributed by atoms with van der Waals surface area (Å²) in [5.41, 5.74) is 2.23. The number of nitrogens with one attached hydrogen (secondary N) is 1. The Labute approximate surface area is 159 Å². The van der Waals surface area contributed by atoms with Crippen LogP contribution < -0.4 is 10.1 Å². The van der Waals surface area contributed by atoms with Crippen LogP contribution in [0.1, 0.15) is 32.6 Å². The van der Waals surface area contributed by atoms with Crippen LogP contribution in [-0.4, -0.2) is 37.0 Å². The largest absolute Gasteiger partial charge is 0.495 e. The molecule has 0 radical (unpaired) electrons. The average molecular weight is 366 g/mol. The van der Waals surface area contributed by atoms with E-state index in [-0.39, 0.29) is 5.91 Å². The second-order valence-electron chi connectivity index (χ2n) is 7.20. The molecule has 1 saturated carbocycles. The van der Waals surface area contributed by atoms with E-state index in [1.54, 1.807) is 7.11 Å². The molecule has 1 aromatic heterocycles. The van der Waals surface area contributed by atoms with Crippen LogP contribution >= 0.6 is 0 Å². The van der Waals surface area contributed by atoms with Crippen molar-refractivity contribution in [2.24, 2.45) is 0 Å². The summed E-state index contributed by atoms with van der Waals surface area (Å²) < 4.78 is 11.5. The number of likely N-dealkylation sites (N-methyl/N-ethyl adjacent to an activating group) is 1. The fourth-order valence-electron chi connectivity index (χ4n) is 4.16. The molecule has 3 aromatic rings. The number of hydrogen-bond donors (Lipinski definition) is 1. The fraction of sp³-hybridized carbons (Fsp3) is 0.409. The Morgan fingerprint density at radius 2 is 1.96 bits per heavy atom. The molecule has 1 fully saturated rings. The van der Waals surface area contributed by atoms with E-state index in [0.29, 0.717) is 24.0 Å². The Balaban J connectivity index is 1.58. The molecule has 5 heteroatoms. The molecule has 0 unspecified atom stereocenters. The number of carbonyl (C=O) groups excluding carboxylic acids is 1. The molecule has 0 spiro atoms. The summed E-state index contributed by atoms with van der Waals surface area (Å²) in [5.74, 6) is 0.629. The van der Waals surface area contributed by atoms with Crippen molar-refractivity contribution in [3.8, 4) is 5.75 Å². The fourth-order valence-corrected chi connectivity index (χ4v) is 4.16. The zero-order valence-electron chi connectivity index (χ0n) is 16.0. The molecule has 1 heterocycles. The molecule has 1 amide bonds. The third kappa shape index (κ3) is 3.52. The first-order valence-electron chi connectivity index (χ1n) is 9.72. The van der Waals surface area contributed by atoms with Crippen molar-refractivity contribution in [3.63, 3.8) is 0 Å². The molecule has 1 aliphatic rings. The lowest BCUT2D eigenvalue weighted by molar-refractivity contribution is -0.117. The highest BCUT2D eigenvalue weighted by atomic mass is 16.5. The maximum absolute atomic E-state index is 12.7. The highest BCUT2D eigenvalue weighted by molar-refractivity contribution is 6.07. The number of ether oxygens (including phenoxy) is 1. The predicted octanol–water partition coefficient (Wildman–Crippen LogP) is 4.80. The molecule has 1 N–H and O–H groups in total. The summed E-state index contributed by atoms with van der Waals surface area (Å²) in [7, 11) is 1.62. The van der Waals surface area contributed by atoms with Crippen LogP contribution in [-0.2, 0) is 4.79 Å². The summed E-state index contributed by atoms with van der Waals surface area (Å²) in [5, 5.41) is 5.05. The number of methoxy groups -OCH3 is 1. The number of para-hydroxylation sites is 1. The van der Waals surface area contributed by atoms with Gasteiger partial charge >= 0.3 is 0 Å². The molecule has 1 aliphatic carbocycles. The number of carbonyl (C=O) groups is 1. The average Bonchev–Trinajstić information content (AvgIpc) is 3.33. The van der Waals surface area contributed by atoms with Crippen LogP contribution in [0.3, 0.4) is 0 Å². The third-order valence-electron chi connectivity index (χ3n) is 5.57. The normalized spacial score (nSPS) is 15.1. The van der Waals surface area contributed by atoms with Gasteiger partial charge in [-0.05, 0) is 31.5 Å². The molecule has 4 rings (SSSR count).